The first-order chi connectivity index (χ1) is 13.2. The van der Waals surface area contributed by atoms with E-state index in [1.165, 1.54) is 50.2 Å². The SMILES string of the molecule is COc1cc(Cl)c(NS(=O)(=O)c2ccc3c(c2)NC(=O)[C@@H](C)CS3)c(OC)c1. The Morgan fingerprint density at radius 3 is 2.64 bits per heavy atom. The van der Waals surface area contributed by atoms with Crippen LogP contribution >= 0.6 is 23.4 Å². The molecule has 1 amide bonds. The fraction of sp³-hybridized carbons (Fsp3) is 0.278. The van der Waals surface area contributed by atoms with Crippen LogP contribution in [0.1, 0.15) is 6.92 Å². The van der Waals surface area contributed by atoms with E-state index in [9.17, 15) is 13.2 Å². The van der Waals surface area contributed by atoms with Crippen LogP contribution < -0.4 is 19.5 Å². The molecule has 0 spiro atoms. The van der Waals surface area contributed by atoms with Crippen molar-refractivity contribution in [3.05, 3.63) is 35.4 Å². The maximum absolute atomic E-state index is 12.9. The van der Waals surface area contributed by atoms with Gasteiger partial charge in [0.15, 0.2) is 0 Å². The summed E-state index contributed by atoms with van der Waals surface area (Å²) < 4.78 is 38.6. The molecule has 2 aromatic rings. The van der Waals surface area contributed by atoms with Crippen LogP contribution in [0.15, 0.2) is 40.1 Å². The maximum atomic E-state index is 12.9. The Morgan fingerprint density at radius 2 is 1.96 bits per heavy atom. The number of benzene rings is 2. The number of ether oxygens (including phenoxy) is 2. The Balaban J connectivity index is 1.97. The van der Waals surface area contributed by atoms with E-state index in [0.717, 1.165) is 4.90 Å². The van der Waals surface area contributed by atoms with Crippen LogP contribution in [0.2, 0.25) is 5.02 Å². The second-order valence-corrected chi connectivity index (χ2v) is 9.30. The fourth-order valence-electron chi connectivity index (χ4n) is 2.58. The van der Waals surface area contributed by atoms with E-state index >= 15 is 0 Å². The molecular weight excluding hydrogens is 424 g/mol. The van der Waals surface area contributed by atoms with Crippen LogP contribution in [-0.2, 0) is 14.8 Å². The van der Waals surface area contributed by atoms with Gasteiger partial charge in [0.25, 0.3) is 10.0 Å². The summed E-state index contributed by atoms with van der Waals surface area (Å²) in [5, 5.41) is 2.91. The first-order valence-corrected chi connectivity index (χ1v) is 11.1. The summed E-state index contributed by atoms with van der Waals surface area (Å²) in [7, 11) is -1.11. The van der Waals surface area contributed by atoms with Gasteiger partial charge in [-0.1, -0.05) is 18.5 Å². The van der Waals surface area contributed by atoms with E-state index in [-0.39, 0.29) is 33.2 Å². The van der Waals surface area contributed by atoms with Crippen LogP contribution in [0.5, 0.6) is 11.5 Å². The molecule has 10 heteroatoms. The minimum atomic E-state index is -3.98. The minimum Gasteiger partial charge on any atom is -0.497 e. The largest absolute Gasteiger partial charge is 0.497 e. The molecule has 0 unspecified atom stereocenters. The van der Waals surface area contributed by atoms with Crippen LogP contribution in [0.3, 0.4) is 0 Å². The van der Waals surface area contributed by atoms with Gasteiger partial charge >= 0.3 is 0 Å². The van der Waals surface area contributed by atoms with Gasteiger partial charge in [-0.05, 0) is 18.2 Å². The van der Waals surface area contributed by atoms with E-state index in [4.69, 9.17) is 21.1 Å². The van der Waals surface area contributed by atoms with Crippen LogP contribution in [0, 0.1) is 5.92 Å². The van der Waals surface area contributed by atoms with Crippen LogP contribution in [-0.4, -0.2) is 34.3 Å². The number of nitrogens with one attached hydrogen (secondary N) is 2. The van der Waals surface area contributed by atoms with Crippen molar-refractivity contribution in [2.45, 2.75) is 16.7 Å². The Kier molecular flexibility index (Phi) is 5.97. The van der Waals surface area contributed by atoms with E-state index < -0.39 is 10.0 Å². The molecule has 1 heterocycles. The number of rotatable bonds is 5. The van der Waals surface area contributed by atoms with E-state index in [1.54, 1.807) is 6.07 Å². The number of amides is 1. The average Bonchev–Trinajstić information content (AvgIpc) is 2.81. The fourth-order valence-corrected chi connectivity index (χ4v) is 5.01. The van der Waals surface area contributed by atoms with Crippen molar-refractivity contribution >= 4 is 50.7 Å². The number of halogens is 1. The quantitative estimate of drug-likeness (QED) is 0.730. The number of carbonyl (C=O) groups excluding carboxylic acids is 1. The van der Waals surface area contributed by atoms with Crippen molar-refractivity contribution in [1.82, 2.24) is 0 Å². The molecule has 0 fully saturated rings. The molecule has 2 aromatic carbocycles. The molecule has 0 saturated carbocycles. The molecule has 2 N–H and O–H groups in total. The molecule has 1 aliphatic rings. The smallest absolute Gasteiger partial charge is 0.262 e. The molecule has 0 aromatic heterocycles. The highest BCUT2D eigenvalue weighted by Crippen LogP contribution is 2.39. The summed E-state index contributed by atoms with van der Waals surface area (Å²) >= 11 is 7.71. The van der Waals surface area contributed by atoms with Gasteiger partial charge in [0.05, 0.1) is 29.8 Å². The molecule has 0 aliphatic carbocycles. The predicted molar refractivity (Wildman–Crippen MR) is 110 cm³/mol. The van der Waals surface area contributed by atoms with Gasteiger partial charge in [0.1, 0.15) is 17.2 Å². The van der Waals surface area contributed by atoms with Gasteiger partial charge in [0, 0.05) is 28.7 Å². The first kappa shape index (κ1) is 20.6. The zero-order valence-corrected chi connectivity index (χ0v) is 17.8. The van der Waals surface area contributed by atoms with Crippen LogP contribution in [0.25, 0.3) is 0 Å². The maximum Gasteiger partial charge on any atom is 0.262 e. The normalized spacial score (nSPS) is 16.6. The van der Waals surface area contributed by atoms with E-state index in [0.29, 0.717) is 17.2 Å². The molecule has 1 atom stereocenters. The monoisotopic (exact) mass is 442 g/mol. The Bertz CT molecular complexity index is 1030. The first-order valence-electron chi connectivity index (χ1n) is 8.27. The number of methoxy groups -OCH3 is 2. The third kappa shape index (κ3) is 4.16. The Labute approximate surface area is 172 Å². The van der Waals surface area contributed by atoms with Gasteiger partial charge in [0.2, 0.25) is 5.91 Å². The molecule has 28 heavy (non-hydrogen) atoms. The number of anilines is 2. The number of fused-ring (bicyclic) bond motifs is 1. The van der Waals surface area contributed by atoms with Gasteiger partial charge in [-0.15, -0.1) is 11.8 Å². The highest BCUT2D eigenvalue weighted by Gasteiger charge is 2.24. The minimum absolute atomic E-state index is 0.00404. The topological polar surface area (TPSA) is 93.7 Å². The number of carbonyl (C=O) groups is 1. The molecule has 1 aliphatic heterocycles. The highest BCUT2D eigenvalue weighted by atomic mass is 35.5. The predicted octanol–water partition coefficient (Wildman–Crippen LogP) is 3.84. The van der Waals surface area contributed by atoms with Gasteiger partial charge in [-0.25, -0.2) is 8.42 Å². The zero-order chi connectivity index (χ0) is 20.5. The van der Waals surface area contributed by atoms with Gasteiger partial charge in [-0.3, -0.25) is 9.52 Å². The third-order valence-corrected chi connectivity index (χ3v) is 7.15. The van der Waals surface area contributed by atoms with E-state index in [2.05, 4.69) is 10.0 Å². The third-order valence-electron chi connectivity index (χ3n) is 4.18. The highest BCUT2D eigenvalue weighted by molar-refractivity contribution is 7.99. The van der Waals surface area contributed by atoms with Gasteiger partial charge in [-0.2, -0.15) is 0 Å². The summed E-state index contributed by atoms with van der Waals surface area (Å²) in [6.07, 6.45) is 0. The Hall–Kier alpha value is -2.10. The number of sulfonamides is 1. The van der Waals surface area contributed by atoms with Crippen molar-refractivity contribution in [1.29, 1.82) is 0 Å². The molecule has 0 radical (unpaired) electrons. The number of hydrogen-bond acceptors (Lipinski definition) is 6. The molecule has 0 saturated heterocycles. The second kappa shape index (κ2) is 8.10. The molecule has 3 rings (SSSR count). The van der Waals surface area contributed by atoms with Gasteiger partial charge < -0.3 is 14.8 Å². The standard InChI is InChI=1S/C18H19ClN2O5S2/c1-10-9-27-16-5-4-12(8-14(16)20-18(10)22)28(23,24)21-17-13(19)6-11(25-2)7-15(17)26-3/h4-8,10,21H,9H2,1-3H3,(H,20,22)/t10-/m0/s1. The Morgan fingerprint density at radius 1 is 1.21 bits per heavy atom. The molecule has 0 bridgehead atoms. The lowest BCUT2D eigenvalue weighted by Crippen LogP contribution is -2.20. The lowest BCUT2D eigenvalue weighted by Gasteiger charge is -2.16. The summed E-state index contributed by atoms with van der Waals surface area (Å²) in [5.41, 5.74) is 0.571. The van der Waals surface area contributed by atoms with Crippen molar-refractivity contribution in [2.24, 2.45) is 5.92 Å². The number of hydrogen-bond donors (Lipinski definition) is 2. The van der Waals surface area contributed by atoms with E-state index in [1.807, 2.05) is 6.92 Å². The van der Waals surface area contributed by atoms with Crippen molar-refractivity contribution in [2.75, 3.05) is 30.0 Å². The summed E-state index contributed by atoms with van der Waals surface area (Å²) in [4.78, 5) is 12.9. The summed E-state index contributed by atoms with van der Waals surface area (Å²) in [5.74, 6) is 0.970. The molecular formula is C18H19ClN2O5S2. The van der Waals surface area contributed by atoms with Crippen molar-refractivity contribution < 1.29 is 22.7 Å². The van der Waals surface area contributed by atoms with Crippen molar-refractivity contribution in [3.63, 3.8) is 0 Å². The van der Waals surface area contributed by atoms with Crippen LogP contribution in [0.4, 0.5) is 11.4 Å². The second-order valence-electron chi connectivity index (χ2n) is 6.15. The van der Waals surface area contributed by atoms with Crippen molar-refractivity contribution in [3.8, 4) is 11.5 Å². The zero-order valence-electron chi connectivity index (χ0n) is 15.4. The lowest BCUT2D eigenvalue weighted by atomic mass is 10.2. The summed E-state index contributed by atoms with van der Waals surface area (Å²) in [6, 6.07) is 7.61. The average molecular weight is 443 g/mol. The molecule has 7 nitrogen and oxygen atoms in total. The molecule has 150 valence electrons. The lowest BCUT2D eigenvalue weighted by molar-refractivity contribution is -0.118. The number of thioether (sulfide) groups is 1. The summed E-state index contributed by atoms with van der Waals surface area (Å²) in [6.45, 7) is 1.82.